The van der Waals surface area contributed by atoms with Crippen LogP contribution < -0.4 is 5.32 Å². The molecular formula is C16H15N5O3S. The molecule has 0 bridgehead atoms. The molecule has 0 fully saturated rings. The average molecular weight is 357 g/mol. The molecule has 0 radical (unpaired) electrons. The second-order valence-electron chi connectivity index (χ2n) is 5.06. The number of amides is 1. The van der Waals surface area contributed by atoms with Gasteiger partial charge in [-0.25, -0.2) is 4.79 Å². The van der Waals surface area contributed by atoms with Crippen molar-refractivity contribution >= 4 is 28.9 Å². The van der Waals surface area contributed by atoms with E-state index in [1.165, 1.54) is 27.9 Å². The number of esters is 1. The minimum absolute atomic E-state index is 0.326. The van der Waals surface area contributed by atoms with E-state index in [2.05, 4.69) is 27.8 Å². The zero-order chi connectivity index (χ0) is 17.6. The Kier molecular flexibility index (Phi) is 5.14. The van der Waals surface area contributed by atoms with E-state index in [1.807, 2.05) is 24.3 Å². The van der Waals surface area contributed by atoms with E-state index in [0.717, 1.165) is 6.42 Å². The number of aryl methyl sites for hydroxylation is 1. The predicted molar refractivity (Wildman–Crippen MR) is 91.8 cm³/mol. The summed E-state index contributed by atoms with van der Waals surface area (Å²) in [5.41, 5.74) is 2.34. The van der Waals surface area contributed by atoms with Gasteiger partial charge in [-0.15, -0.1) is 16.4 Å². The van der Waals surface area contributed by atoms with Crippen molar-refractivity contribution in [2.24, 2.45) is 0 Å². The third-order valence-corrected chi connectivity index (χ3v) is 4.29. The number of benzene rings is 1. The van der Waals surface area contributed by atoms with E-state index in [-0.39, 0.29) is 6.61 Å². The fourth-order valence-corrected chi connectivity index (χ4v) is 2.90. The van der Waals surface area contributed by atoms with E-state index in [0.29, 0.717) is 16.3 Å². The third-order valence-electron chi connectivity index (χ3n) is 3.41. The fourth-order valence-electron chi connectivity index (χ4n) is 2.12. The van der Waals surface area contributed by atoms with E-state index in [4.69, 9.17) is 4.74 Å². The first-order chi connectivity index (χ1) is 12.2. The van der Waals surface area contributed by atoms with Crippen LogP contribution >= 0.6 is 11.3 Å². The molecule has 128 valence electrons. The largest absolute Gasteiger partial charge is 0.451 e. The van der Waals surface area contributed by atoms with Gasteiger partial charge in [0, 0.05) is 5.69 Å². The summed E-state index contributed by atoms with van der Waals surface area (Å²) in [6.07, 6.45) is 2.31. The van der Waals surface area contributed by atoms with Gasteiger partial charge in [0.2, 0.25) is 0 Å². The highest BCUT2D eigenvalue weighted by Crippen LogP contribution is 2.21. The van der Waals surface area contributed by atoms with Gasteiger partial charge < -0.3 is 10.1 Å². The molecule has 9 heteroatoms. The summed E-state index contributed by atoms with van der Waals surface area (Å²) in [7, 11) is 0. The van der Waals surface area contributed by atoms with Gasteiger partial charge >= 0.3 is 5.97 Å². The second kappa shape index (κ2) is 7.67. The lowest BCUT2D eigenvalue weighted by atomic mass is 10.1. The van der Waals surface area contributed by atoms with Gasteiger partial charge in [-0.2, -0.15) is 4.68 Å². The summed E-state index contributed by atoms with van der Waals surface area (Å²) in [6.45, 7) is 1.68. The Morgan fingerprint density at radius 2 is 2.04 bits per heavy atom. The molecule has 0 aliphatic carbocycles. The molecule has 1 N–H and O–H groups in total. The maximum absolute atomic E-state index is 12.2. The lowest BCUT2D eigenvalue weighted by Crippen LogP contribution is -2.21. The Bertz CT molecular complexity index is 858. The summed E-state index contributed by atoms with van der Waals surface area (Å²) >= 11 is 1.19. The lowest BCUT2D eigenvalue weighted by Gasteiger charge is -2.07. The van der Waals surface area contributed by atoms with Crippen molar-refractivity contribution in [3.8, 4) is 5.69 Å². The van der Waals surface area contributed by atoms with Gasteiger partial charge in [-0.05, 0) is 46.0 Å². The van der Waals surface area contributed by atoms with E-state index in [9.17, 15) is 9.59 Å². The average Bonchev–Trinajstić information content (AvgIpc) is 3.31. The van der Waals surface area contributed by atoms with Crippen LogP contribution in [0.1, 0.15) is 22.2 Å². The van der Waals surface area contributed by atoms with Crippen LogP contribution in [0.5, 0.6) is 0 Å². The van der Waals surface area contributed by atoms with Gasteiger partial charge in [0.1, 0.15) is 11.2 Å². The smallest absolute Gasteiger partial charge is 0.351 e. The van der Waals surface area contributed by atoms with Crippen LogP contribution in [0.3, 0.4) is 0 Å². The molecule has 8 nitrogen and oxygen atoms in total. The standard InChI is InChI=1S/C16H15N5O3S/c1-2-11-3-5-12(6-4-11)18-14(22)9-24-16(23)15-13(7-8-25-15)21-10-17-19-20-21/h3-8,10H,2,9H2,1H3,(H,18,22). The maximum Gasteiger partial charge on any atom is 0.351 e. The first-order valence-corrected chi connectivity index (χ1v) is 8.42. The highest BCUT2D eigenvalue weighted by molar-refractivity contribution is 7.12. The van der Waals surface area contributed by atoms with Gasteiger partial charge in [-0.3, -0.25) is 4.79 Å². The van der Waals surface area contributed by atoms with Crippen LogP contribution in [-0.4, -0.2) is 38.7 Å². The number of nitrogens with zero attached hydrogens (tertiary/aromatic N) is 4. The van der Waals surface area contributed by atoms with Crippen LogP contribution in [0.4, 0.5) is 5.69 Å². The molecule has 2 aromatic heterocycles. The van der Waals surface area contributed by atoms with E-state index in [1.54, 1.807) is 11.4 Å². The third kappa shape index (κ3) is 4.07. The SMILES string of the molecule is CCc1ccc(NC(=O)COC(=O)c2sccc2-n2cnnn2)cc1. The van der Waals surface area contributed by atoms with E-state index < -0.39 is 11.9 Å². The van der Waals surface area contributed by atoms with Crippen molar-refractivity contribution in [1.82, 2.24) is 20.2 Å². The van der Waals surface area contributed by atoms with Gasteiger partial charge in [-0.1, -0.05) is 19.1 Å². The number of hydrogen-bond acceptors (Lipinski definition) is 7. The first kappa shape index (κ1) is 16.8. The molecule has 3 aromatic rings. The number of hydrogen-bond donors (Lipinski definition) is 1. The normalized spacial score (nSPS) is 10.4. The first-order valence-electron chi connectivity index (χ1n) is 7.54. The molecule has 1 amide bonds. The molecule has 25 heavy (non-hydrogen) atoms. The summed E-state index contributed by atoms with van der Waals surface area (Å²) in [5.74, 6) is -1.00. The summed E-state index contributed by atoms with van der Waals surface area (Å²) in [5, 5.41) is 15.2. The number of carbonyl (C=O) groups excluding carboxylic acids is 2. The summed E-state index contributed by atoms with van der Waals surface area (Å²) in [6, 6.07) is 9.20. The van der Waals surface area contributed by atoms with Crippen LogP contribution in [0.2, 0.25) is 0 Å². The Balaban J connectivity index is 1.57. The number of tetrazole rings is 1. The minimum atomic E-state index is -0.600. The molecule has 0 spiro atoms. The molecule has 0 saturated heterocycles. The zero-order valence-electron chi connectivity index (χ0n) is 13.4. The Labute approximate surface area is 147 Å². The second-order valence-corrected chi connectivity index (χ2v) is 5.98. The van der Waals surface area contributed by atoms with E-state index >= 15 is 0 Å². The zero-order valence-corrected chi connectivity index (χ0v) is 14.2. The summed E-state index contributed by atoms with van der Waals surface area (Å²) < 4.78 is 6.45. The highest BCUT2D eigenvalue weighted by atomic mass is 32.1. The lowest BCUT2D eigenvalue weighted by molar-refractivity contribution is -0.119. The maximum atomic E-state index is 12.2. The number of thiophene rings is 1. The van der Waals surface area contributed by atoms with Crippen molar-refractivity contribution in [2.75, 3.05) is 11.9 Å². The van der Waals surface area contributed by atoms with Gasteiger partial charge in [0.25, 0.3) is 5.91 Å². The van der Waals surface area contributed by atoms with Crippen molar-refractivity contribution in [2.45, 2.75) is 13.3 Å². The number of anilines is 1. The Morgan fingerprint density at radius 3 is 2.72 bits per heavy atom. The predicted octanol–water partition coefficient (Wildman–Crippen LogP) is 2.08. The number of ether oxygens (including phenoxy) is 1. The molecular weight excluding hydrogens is 342 g/mol. The topological polar surface area (TPSA) is 99.0 Å². The van der Waals surface area contributed by atoms with Gasteiger partial charge in [0.15, 0.2) is 6.61 Å². The molecule has 0 aliphatic heterocycles. The molecule has 2 heterocycles. The quantitative estimate of drug-likeness (QED) is 0.678. The number of carbonyl (C=O) groups is 2. The Hall–Kier alpha value is -3.07. The Morgan fingerprint density at radius 1 is 1.24 bits per heavy atom. The number of rotatable bonds is 6. The highest BCUT2D eigenvalue weighted by Gasteiger charge is 2.18. The van der Waals surface area contributed by atoms with Crippen molar-refractivity contribution in [1.29, 1.82) is 0 Å². The molecule has 0 unspecified atom stereocenters. The minimum Gasteiger partial charge on any atom is -0.451 e. The number of aromatic nitrogens is 4. The van der Waals surface area contributed by atoms with Crippen LogP contribution in [0.25, 0.3) is 5.69 Å². The summed E-state index contributed by atoms with van der Waals surface area (Å²) in [4.78, 5) is 24.4. The number of nitrogens with one attached hydrogen (secondary N) is 1. The van der Waals surface area contributed by atoms with Crippen molar-refractivity contribution in [3.05, 3.63) is 52.5 Å². The molecule has 1 aromatic carbocycles. The molecule has 0 saturated carbocycles. The molecule has 0 aliphatic rings. The van der Waals surface area contributed by atoms with Crippen molar-refractivity contribution in [3.63, 3.8) is 0 Å². The molecule has 3 rings (SSSR count). The monoisotopic (exact) mass is 357 g/mol. The van der Waals surface area contributed by atoms with Crippen LogP contribution in [-0.2, 0) is 16.0 Å². The van der Waals surface area contributed by atoms with Crippen LogP contribution in [0, 0.1) is 0 Å². The fraction of sp³-hybridized carbons (Fsp3) is 0.188. The van der Waals surface area contributed by atoms with Crippen molar-refractivity contribution < 1.29 is 14.3 Å². The van der Waals surface area contributed by atoms with Crippen LogP contribution in [0.15, 0.2) is 42.0 Å². The van der Waals surface area contributed by atoms with Gasteiger partial charge in [0.05, 0.1) is 5.69 Å². The molecule has 0 atom stereocenters.